The first-order chi connectivity index (χ1) is 12.9. The SMILES string of the molecule is Cc1cc(N2CCN(S(=O)(=O)c3ccc(C#N)cc3)CC2)c(C#N)c(C)n1. The van der Waals surface area contributed by atoms with Crippen LogP contribution >= 0.6 is 0 Å². The van der Waals surface area contributed by atoms with E-state index in [2.05, 4.69) is 11.1 Å². The number of pyridine rings is 1. The van der Waals surface area contributed by atoms with Crippen molar-refractivity contribution in [1.82, 2.24) is 9.29 Å². The number of nitriles is 2. The lowest BCUT2D eigenvalue weighted by atomic mass is 10.1. The van der Waals surface area contributed by atoms with Crippen molar-refractivity contribution in [2.24, 2.45) is 0 Å². The van der Waals surface area contributed by atoms with Gasteiger partial charge < -0.3 is 4.90 Å². The molecule has 1 aliphatic heterocycles. The summed E-state index contributed by atoms with van der Waals surface area (Å²) in [6.45, 7) is 5.32. The molecule has 2 aromatic rings. The number of anilines is 1. The molecule has 0 saturated carbocycles. The third-order valence-corrected chi connectivity index (χ3v) is 6.53. The van der Waals surface area contributed by atoms with Crippen LogP contribution < -0.4 is 4.90 Å². The quantitative estimate of drug-likeness (QED) is 0.805. The Balaban J connectivity index is 1.79. The van der Waals surface area contributed by atoms with Crippen LogP contribution in [-0.4, -0.2) is 43.9 Å². The topological polar surface area (TPSA) is 101 Å². The minimum atomic E-state index is -3.60. The Hall–Kier alpha value is -2.94. The molecular weight excluding hydrogens is 362 g/mol. The van der Waals surface area contributed by atoms with Gasteiger partial charge in [0.2, 0.25) is 10.0 Å². The van der Waals surface area contributed by atoms with Crippen LogP contribution in [-0.2, 0) is 10.0 Å². The predicted octanol–water partition coefficient (Wildman–Crippen LogP) is 1.95. The first kappa shape index (κ1) is 18.8. The maximum Gasteiger partial charge on any atom is 0.243 e. The highest BCUT2D eigenvalue weighted by molar-refractivity contribution is 7.89. The average Bonchev–Trinajstić information content (AvgIpc) is 2.67. The second-order valence-corrected chi connectivity index (χ2v) is 8.32. The second-order valence-electron chi connectivity index (χ2n) is 6.38. The van der Waals surface area contributed by atoms with Crippen molar-refractivity contribution in [2.45, 2.75) is 18.7 Å². The number of nitrogens with zero attached hydrogens (tertiary/aromatic N) is 5. The van der Waals surface area contributed by atoms with Crippen molar-refractivity contribution in [3.63, 3.8) is 0 Å². The van der Waals surface area contributed by atoms with Gasteiger partial charge in [0.05, 0.1) is 33.5 Å². The van der Waals surface area contributed by atoms with Crippen molar-refractivity contribution in [2.75, 3.05) is 31.1 Å². The molecule has 0 unspecified atom stereocenters. The summed E-state index contributed by atoms with van der Waals surface area (Å²) in [5.41, 5.74) is 3.27. The molecule has 1 fully saturated rings. The van der Waals surface area contributed by atoms with Crippen LogP contribution in [0.4, 0.5) is 5.69 Å². The summed E-state index contributed by atoms with van der Waals surface area (Å²) in [5, 5.41) is 18.3. The summed E-state index contributed by atoms with van der Waals surface area (Å²) < 4.78 is 27.1. The van der Waals surface area contributed by atoms with Gasteiger partial charge in [-0.15, -0.1) is 0 Å². The molecule has 3 rings (SSSR count). The molecule has 0 N–H and O–H groups in total. The summed E-state index contributed by atoms with van der Waals surface area (Å²) in [7, 11) is -3.60. The normalized spacial score (nSPS) is 15.2. The third kappa shape index (κ3) is 3.63. The monoisotopic (exact) mass is 381 g/mol. The highest BCUT2D eigenvalue weighted by Crippen LogP contribution is 2.26. The maximum atomic E-state index is 12.8. The standard InChI is InChI=1S/C19H19N5O2S/c1-14-11-19(18(13-21)15(2)22-14)23-7-9-24(10-8-23)27(25,26)17-5-3-16(12-20)4-6-17/h3-6,11H,7-10H2,1-2H3. The summed E-state index contributed by atoms with van der Waals surface area (Å²) in [5.74, 6) is 0. The Morgan fingerprint density at radius 3 is 2.19 bits per heavy atom. The van der Waals surface area contributed by atoms with Gasteiger partial charge in [0.25, 0.3) is 0 Å². The molecule has 0 aliphatic carbocycles. The molecule has 0 spiro atoms. The predicted molar refractivity (Wildman–Crippen MR) is 101 cm³/mol. The average molecular weight is 381 g/mol. The van der Waals surface area contributed by atoms with Crippen molar-refractivity contribution < 1.29 is 8.42 Å². The van der Waals surface area contributed by atoms with Gasteiger partial charge in [0.1, 0.15) is 6.07 Å². The first-order valence-electron chi connectivity index (χ1n) is 8.50. The third-order valence-electron chi connectivity index (χ3n) is 4.62. The molecule has 1 saturated heterocycles. The molecule has 0 bridgehead atoms. The smallest absolute Gasteiger partial charge is 0.243 e. The summed E-state index contributed by atoms with van der Waals surface area (Å²) in [6, 6.07) is 12.0. The van der Waals surface area contributed by atoms with Crippen LogP contribution in [0.1, 0.15) is 22.5 Å². The highest BCUT2D eigenvalue weighted by Gasteiger charge is 2.29. The van der Waals surface area contributed by atoms with Crippen LogP contribution in [0.5, 0.6) is 0 Å². The maximum absolute atomic E-state index is 12.8. The molecule has 0 radical (unpaired) electrons. The molecule has 1 aliphatic rings. The molecule has 1 aromatic heterocycles. The number of hydrogen-bond acceptors (Lipinski definition) is 6. The molecule has 8 heteroatoms. The van der Waals surface area contributed by atoms with E-state index in [0.29, 0.717) is 43.0 Å². The lowest BCUT2D eigenvalue weighted by Crippen LogP contribution is -2.49. The molecule has 27 heavy (non-hydrogen) atoms. The molecular formula is C19H19N5O2S. The molecule has 7 nitrogen and oxygen atoms in total. The number of rotatable bonds is 3. The van der Waals surface area contributed by atoms with E-state index in [1.807, 2.05) is 24.0 Å². The summed E-state index contributed by atoms with van der Waals surface area (Å²) in [6.07, 6.45) is 0. The molecule has 0 atom stereocenters. The van der Waals surface area contributed by atoms with Crippen LogP contribution in [0.15, 0.2) is 35.2 Å². The van der Waals surface area contributed by atoms with Gasteiger partial charge in [0.15, 0.2) is 0 Å². The van der Waals surface area contributed by atoms with Crippen LogP contribution in [0.25, 0.3) is 0 Å². The van der Waals surface area contributed by atoms with Gasteiger partial charge in [-0.2, -0.15) is 14.8 Å². The van der Waals surface area contributed by atoms with E-state index in [9.17, 15) is 13.7 Å². The van der Waals surface area contributed by atoms with Gasteiger partial charge >= 0.3 is 0 Å². The van der Waals surface area contributed by atoms with Crippen LogP contribution in [0, 0.1) is 36.5 Å². The number of piperazine rings is 1. The lowest BCUT2D eigenvalue weighted by molar-refractivity contribution is 0.384. The van der Waals surface area contributed by atoms with E-state index in [-0.39, 0.29) is 4.90 Å². The fourth-order valence-electron chi connectivity index (χ4n) is 3.22. The van der Waals surface area contributed by atoms with E-state index in [4.69, 9.17) is 5.26 Å². The van der Waals surface area contributed by atoms with Crippen molar-refractivity contribution in [1.29, 1.82) is 10.5 Å². The largest absolute Gasteiger partial charge is 0.368 e. The Bertz CT molecular complexity index is 1040. The van der Waals surface area contributed by atoms with E-state index in [1.165, 1.54) is 28.6 Å². The number of aryl methyl sites for hydroxylation is 2. The fourth-order valence-corrected chi connectivity index (χ4v) is 4.64. The number of sulfonamides is 1. The Morgan fingerprint density at radius 2 is 1.63 bits per heavy atom. The Labute approximate surface area is 159 Å². The Kier molecular flexibility index (Phi) is 5.13. The number of benzene rings is 1. The molecule has 138 valence electrons. The lowest BCUT2D eigenvalue weighted by Gasteiger charge is -2.36. The van der Waals surface area contributed by atoms with Gasteiger partial charge in [-0.05, 0) is 44.2 Å². The van der Waals surface area contributed by atoms with E-state index in [0.717, 1.165) is 11.4 Å². The van der Waals surface area contributed by atoms with E-state index >= 15 is 0 Å². The zero-order valence-electron chi connectivity index (χ0n) is 15.2. The number of hydrogen-bond donors (Lipinski definition) is 0. The van der Waals surface area contributed by atoms with E-state index in [1.54, 1.807) is 6.92 Å². The van der Waals surface area contributed by atoms with Crippen LogP contribution in [0.3, 0.4) is 0 Å². The minimum Gasteiger partial charge on any atom is -0.368 e. The van der Waals surface area contributed by atoms with Crippen LogP contribution in [0.2, 0.25) is 0 Å². The number of aromatic nitrogens is 1. The minimum absolute atomic E-state index is 0.184. The molecule has 1 aromatic carbocycles. The summed E-state index contributed by atoms with van der Waals surface area (Å²) in [4.78, 5) is 6.55. The van der Waals surface area contributed by atoms with Gasteiger partial charge in [-0.25, -0.2) is 8.42 Å². The zero-order chi connectivity index (χ0) is 19.6. The zero-order valence-corrected chi connectivity index (χ0v) is 16.0. The highest BCUT2D eigenvalue weighted by atomic mass is 32.2. The fraction of sp³-hybridized carbons (Fsp3) is 0.316. The second kappa shape index (κ2) is 7.36. The van der Waals surface area contributed by atoms with E-state index < -0.39 is 10.0 Å². The van der Waals surface area contributed by atoms with Crippen molar-refractivity contribution in [3.05, 3.63) is 52.8 Å². The molecule has 2 heterocycles. The van der Waals surface area contributed by atoms with Crippen molar-refractivity contribution in [3.8, 4) is 12.1 Å². The first-order valence-corrected chi connectivity index (χ1v) is 9.94. The van der Waals surface area contributed by atoms with Gasteiger partial charge in [-0.3, -0.25) is 4.98 Å². The Morgan fingerprint density at radius 1 is 1.00 bits per heavy atom. The van der Waals surface area contributed by atoms with Gasteiger partial charge in [0, 0.05) is 31.9 Å². The van der Waals surface area contributed by atoms with Crippen molar-refractivity contribution >= 4 is 15.7 Å². The summed E-state index contributed by atoms with van der Waals surface area (Å²) >= 11 is 0. The molecule has 0 amide bonds. The van der Waals surface area contributed by atoms with Gasteiger partial charge in [-0.1, -0.05) is 0 Å².